The van der Waals surface area contributed by atoms with Crippen LogP contribution in [0.4, 0.5) is 0 Å². The Morgan fingerprint density at radius 1 is 1.12 bits per heavy atom. The molecule has 0 amide bonds. The smallest absolute Gasteiger partial charge is 0.120 e. The molecular weight excluding hydrogens is 210 g/mol. The van der Waals surface area contributed by atoms with Crippen LogP contribution in [0, 0.1) is 0 Å². The Labute approximate surface area is 105 Å². The molecule has 1 N–H and O–H groups in total. The summed E-state index contributed by atoms with van der Waals surface area (Å²) in [6.07, 6.45) is 2.48. The van der Waals surface area contributed by atoms with E-state index in [0.29, 0.717) is 0 Å². The quantitative estimate of drug-likeness (QED) is 0.758. The van der Waals surface area contributed by atoms with Gasteiger partial charge in [0, 0.05) is 6.54 Å². The van der Waals surface area contributed by atoms with Crippen molar-refractivity contribution in [2.24, 2.45) is 0 Å². The van der Waals surface area contributed by atoms with Crippen LogP contribution in [0.15, 0.2) is 24.3 Å². The first-order chi connectivity index (χ1) is 8.01. The van der Waals surface area contributed by atoms with E-state index < -0.39 is 0 Å². The van der Waals surface area contributed by atoms with Crippen molar-refractivity contribution in [2.45, 2.75) is 52.7 Å². The van der Waals surface area contributed by atoms with Gasteiger partial charge in [0.1, 0.15) is 11.4 Å². The first-order valence-electron chi connectivity index (χ1n) is 6.50. The second-order valence-corrected chi connectivity index (χ2v) is 5.39. The molecule has 0 saturated carbocycles. The molecule has 2 nitrogen and oxygen atoms in total. The largest absolute Gasteiger partial charge is 0.488 e. The standard InChI is InChI=1S/C15H25NO/c1-5-6-11-16-12-13-7-9-14(10-8-13)17-15(2,3)4/h7-10,16H,5-6,11-12H2,1-4H3. The molecule has 96 valence electrons. The molecule has 0 radical (unpaired) electrons. The fourth-order valence-corrected chi connectivity index (χ4v) is 1.56. The average molecular weight is 235 g/mol. The van der Waals surface area contributed by atoms with Crippen LogP contribution in [-0.4, -0.2) is 12.1 Å². The topological polar surface area (TPSA) is 21.3 Å². The van der Waals surface area contributed by atoms with Gasteiger partial charge in [0.15, 0.2) is 0 Å². The molecule has 0 aliphatic rings. The average Bonchev–Trinajstić information content (AvgIpc) is 2.25. The molecule has 0 aliphatic heterocycles. The van der Waals surface area contributed by atoms with Crippen molar-refractivity contribution in [3.63, 3.8) is 0 Å². The van der Waals surface area contributed by atoms with Crippen LogP contribution >= 0.6 is 0 Å². The molecule has 1 aromatic carbocycles. The van der Waals surface area contributed by atoms with Crippen LogP contribution in [0.5, 0.6) is 5.75 Å². The number of hydrogen-bond donors (Lipinski definition) is 1. The number of rotatable bonds is 6. The van der Waals surface area contributed by atoms with E-state index in [-0.39, 0.29) is 5.60 Å². The zero-order valence-electron chi connectivity index (χ0n) is 11.5. The fourth-order valence-electron chi connectivity index (χ4n) is 1.56. The summed E-state index contributed by atoms with van der Waals surface area (Å²) in [6, 6.07) is 8.34. The van der Waals surface area contributed by atoms with Crippen LogP contribution in [0.1, 0.15) is 46.1 Å². The van der Waals surface area contributed by atoms with Gasteiger partial charge < -0.3 is 10.1 Å². The first-order valence-corrected chi connectivity index (χ1v) is 6.50. The molecule has 0 spiro atoms. The van der Waals surface area contributed by atoms with Gasteiger partial charge >= 0.3 is 0 Å². The highest BCUT2D eigenvalue weighted by molar-refractivity contribution is 5.27. The molecule has 0 heterocycles. The minimum absolute atomic E-state index is 0.124. The summed E-state index contributed by atoms with van der Waals surface area (Å²) in [7, 11) is 0. The zero-order chi connectivity index (χ0) is 12.7. The van der Waals surface area contributed by atoms with E-state index >= 15 is 0 Å². The van der Waals surface area contributed by atoms with Gasteiger partial charge in [-0.1, -0.05) is 25.5 Å². The van der Waals surface area contributed by atoms with Gasteiger partial charge in [-0.05, 0) is 51.4 Å². The molecular formula is C15H25NO. The second-order valence-electron chi connectivity index (χ2n) is 5.39. The normalized spacial score (nSPS) is 11.5. The maximum Gasteiger partial charge on any atom is 0.120 e. The van der Waals surface area contributed by atoms with E-state index in [1.807, 2.05) is 12.1 Å². The minimum Gasteiger partial charge on any atom is -0.488 e. The number of ether oxygens (including phenoxy) is 1. The summed E-state index contributed by atoms with van der Waals surface area (Å²) in [5.41, 5.74) is 1.18. The predicted molar refractivity (Wildman–Crippen MR) is 73.4 cm³/mol. The van der Waals surface area contributed by atoms with Crippen LogP contribution < -0.4 is 10.1 Å². The van der Waals surface area contributed by atoms with E-state index in [0.717, 1.165) is 18.8 Å². The van der Waals surface area contributed by atoms with Crippen molar-refractivity contribution in [3.05, 3.63) is 29.8 Å². The summed E-state index contributed by atoms with van der Waals surface area (Å²) in [4.78, 5) is 0. The first kappa shape index (κ1) is 14.0. The van der Waals surface area contributed by atoms with Crippen LogP contribution in [0.2, 0.25) is 0 Å². The summed E-state index contributed by atoms with van der Waals surface area (Å²) in [6.45, 7) is 10.4. The van der Waals surface area contributed by atoms with Crippen molar-refractivity contribution in [3.8, 4) is 5.75 Å². The van der Waals surface area contributed by atoms with Gasteiger partial charge in [-0.15, -0.1) is 0 Å². The molecule has 0 saturated heterocycles. The lowest BCUT2D eigenvalue weighted by Crippen LogP contribution is -2.22. The molecule has 0 atom stereocenters. The summed E-state index contributed by atoms with van der Waals surface area (Å²) in [5.74, 6) is 0.940. The zero-order valence-corrected chi connectivity index (χ0v) is 11.5. The Morgan fingerprint density at radius 2 is 1.76 bits per heavy atom. The van der Waals surface area contributed by atoms with E-state index in [9.17, 15) is 0 Å². The molecule has 0 fully saturated rings. The lowest BCUT2D eigenvalue weighted by Gasteiger charge is -2.21. The Balaban J connectivity index is 2.39. The van der Waals surface area contributed by atoms with Crippen LogP contribution in [-0.2, 0) is 6.54 Å². The third-order valence-electron chi connectivity index (χ3n) is 2.38. The highest BCUT2D eigenvalue weighted by Gasteiger charge is 2.11. The molecule has 17 heavy (non-hydrogen) atoms. The Kier molecular flexibility index (Phi) is 5.49. The molecule has 0 unspecified atom stereocenters. The van der Waals surface area contributed by atoms with Crippen molar-refractivity contribution in [2.75, 3.05) is 6.54 Å². The highest BCUT2D eigenvalue weighted by Crippen LogP contribution is 2.18. The van der Waals surface area contributed by atoms with E-state index in [4.69, 9.17) is 4.74 Å². The monoisotopic (exact) mass is 235 g/mol. The van der Waals surface area contributed by atoms with E-state index in [1.54, 1.807) is 0 Å². The Morgan fingerprint density at radius 3 is 2.29 bits per heavy atom. The molecule has 2 heteroatoms. The SMILES string of the molecule is CCCCNCc1ccc(OC(C)(C)C)cc1. The minimum atomic E-state index is -0.124. The lowest BCUT2D eigenvalue weighted by atomic mass is 10.1. The van der Waals surface area contributed by atoms with Gasteiger partial charge in [-0.3, -0.25) is 0 Å². The van der Waals surface area contributed by atoms with Gasteiger partial charge in [0.25, 0.3) is 0 Å². The Hall–Kier alpha value is -1.02. The molecule has 0 aromatic heterocycles. The molecule has 0 bridgehead atoms. The number of unbranched alkanes of at least 4 members (excludes halogenated alkanes) is 1. The fraction of sp³-hybridized carbons (Fsp3) is 0.600. The van der Waals surface area contributed by atoms with Crippen LogP contribution in [0.25, 0.3) is 0 Å². The third kappa shape index (κ3) is 6.32. The number of hydrogen-bond acceptors (Lipinski definition) is 2. The third-order valence-corrected chi connectivity index (χ3v) is 2.38. The van der Waals surface area contributed by atoms with Crippen molar-refractivity contribution in [1.29, 1.82) is 0 Å². The van der Waals surface area contributed by atoms with E-state index in [1.165, 1.54) is 18.4 Å². The summed E-state index contributed by atoms with van der Waals surface area (Å²) < 4.78 is 5.78. The van der Waals surface area contributed by atoms with E-state index in [2.05, 4.69) is 45.1 Å². The van der Waals surface area contributed by atoms with Crippen molar-refractivity contribution < 1.29 is 4.74 Å². The van der Waals surface area contributed by atoms with Gasteiger partial charge in [0.2, 0.25) is 0 Å². The molecule has 1 rings (SSSR count). The Bertz CT molecular complexity index is 311. The maximum atomic E-state index is 5.78. The number of benzene rings is 1. The van der Waals surface area contributed by atoms with Gasteiger partial charge in [-0.25, -0.2) is 0 Å². The second kappa shape index (κ2) is 6.65. The lowest BCUT2D eigenvalue weighted by molar-refractivity contribution is 0.131. The van der Waals surface area contributed by atoms with Gasteiger partial charge in [0.05, 0.1) is 0 Å². The van der Waals surface area contributed by atoms with Crippen molar-refractivity contribution >= 4 is 0 Å². The highest BCUT2D eigenvalue weighted by atomic mass is 16.5. The van der Waals surface area contributed by atoms with Crippen LogP contribution in [0.3, 0.4) is 0 Å². The predicted octanol–water partition coefficient (Wildman–Crippen LogP) is 3.75. The van der Waals surface area contributed by atoms with Crippen molar-refractivity contribution in [1.82, 2.24) is 5.32 Å². The summed E-state index contributed by atoms with van der Waals surface area (Å²) in [5, 5.41) is 3.43. The number of nitrogens with one attached hydrogen (secondary N) is 1. The van der Waals surface area contributed by atoms with Gasteiger partial charge in [-0.2, -0.15) is 0 Å². The molecule has 1 aromatic rings. The molecule has 0 aliphatic carbocycles. The summed E-state index contributed by atoms with van der Waals surface area (Å²) >= 11 is 0. The maximum absolute atomic E-state index is 5.78.